The summed E-state index contributed by atoms with van der Waals surface area (Å²) in [4.78, 5) is 11.7. The highest BCUT2D eigenvalue weighted by atomic mass is 16.5. The molecule has 0 saturated heterocycles. The van der Waals surface area contributed by atoms with Crippen LogP contribution in [0, 0.1) is 0 Å². The van der Waals surface area contributed by atoms with E-state index < -0.39 is 0 Å². The summed E-state index contributed by atoms with van der Waals surface area (Å²) in [6, 6.07) is 7.05. The fourth-order valence-electron chi connectivity index (χ4n) is 1.20. The molecule has 0 fully saturated rings. The van der Waals surface area contributed by atoms with Crippen molar-refractivity contribution in [2.24, 2.45) is 0 Å². The van der Waals surface area contributed by atoms with E-state index in [9.17, 15) is 4.79 Å². The molecule has 1 aromatic rings. The number of rotatable bonds is 6. The minimum absolute atomic E-state index is 0.00273. The molecule has 0 amide bonds. The third kappa shape index (κ3) is 3.66. The number of methoxy groups -OCH3 is 1. The van der Waals surface area contributed by atoms with E-state index in [1.54, 1.807) is 31.4 Å². The van der Waals surface area contributed by atoms with Crippen molar-refractivity contribution in [3.63, 3.8) is 0 Å². The molecule has 1 unspecified atom stereocenters. The molecule has 0 bridgehead atoms. The van der Waals surface area contributed by atoms with Gasteiger partial charge >= 0.3 is 0 Å². The van der Waals surface area contributed by atoms with Gasteiger partial charge in [0.15, 0.2) is 5.78 Å². The van der Waals surface area contributed by atoms with E-state index in [1.165, 1.54) is 0 Å². The van der Waals surface area contributed by atoms with Crippen LogP contribution in [-0.2, 0) is 4.74 Å². The van der Waals surface area contributed by atoms with E-state index in [-0.39, 0.29) is 18.5 Å². The minimum atomic E-state index is 0.00273. The van der Waals surface area contributed by atoms with E-state index >= 15 is 0 Å². The van der Waals surface area contributed by atoms with Crippen molar-refractivity contribution in [1.29, 1.82) is 0 Å². The average Bonchev–Trinajstić information content (AvgIpc) is 2.35. The monoisotopic (exact) mass is 222 g/mol. The second kappa shape index (κ2) is 6.28. The number of ketones is 1. The summed E-state index contributed by atoms with van der Waals surface area (Å²) in [7, 11) is 1.60. The zero-order chi connectivity index (χ0) is 12.0. The Kier molecular flexibility index (Phi) is 4.99. The summed E-state index contributed by atoms with van der Waals surface area (Å²) in [5.74, 6) is 0.752. The van der Waals surface area contributed by atoms with Gasteiger partial charge < -0.3 is 9.47 Å². The maximum absolute atomic E-state index is 11.7. The van der Waals surface area contributed by atoms with Crippen LogP contribution in [0.2, 0.25) is 0 Å². The molecule has 0 N–H and O–H groups in total. The lowest BCUT2D eigenvalue weighted by atomic mass is 10.1. The third-order valence-electron chi connectivity index (χ3n) is 2.49. The van der Waals surface area contributed by atoms with Crippen LogP contribution in [0.3, 0.4) is 0 Å². The molecule has 0 aliphatic carbocycles. The van der Waals surface area contributed by atoms with Crippen molar-refractivity contribution in [2.75, 3.05) is 13.7 Å². The Balaban J connectivity index is 2.52. The van der Waals surface area contributed by atoms with Crippen LogP contribution in [0.5, 0.6) is 5.75 Å². The fraction of sp³-hybridized carbons (Fsp3) is 0.462. The molecule has 1 atom stereocenters. The maximum atomic E-state index is 11.7. The van der Waals surface area contributed by atoms with Crippen molar-refractivity contribution < 1.29 is 14.3 Å². The number of hydrogen-bond donors (Lipinski definition) is 0. The molecular weight excluding hydrogens is 204 g/mol. The summed E-state index contributed by atoms with van der Waals surface area (Å²) < 4.78 is 10.4. The molecule has 0 aliphatic heterocycles. The predicted molar refractivity (Wildman–Crippen MR) is 63.0 cm³/mol. The van der Waals surface area contributed by atoms with Crippen molar-refractivity contribution in [3.05, 3.63) is 29.8 Å². The van der Waals surface area contributed by atoms with E-state index in [2.05, 4.69) is 0 Å². The first-order valence-corrected chi connectivity index (χ1v) is 5.46. The molecule has 16 heavy (non-hydrogen) atoms. The fourth-order valence-corrected chi connectivity index (χ4v) is 1.20. The normalized spacial score (nSPS) is 12.2. The number of carbonyl (C=O) groups excluding carboxylic acids is 1. The highest BCUT2D eigenvalue weighted by Gasteiger charge is 2.08. The molecule has 0 heterocycles. The first-order valence-electron chi connectivity index (χ1n) is 5.46. The lowest BCUT2D eigenvalue weighted by molar-refractivity contribution is 0.0511. The second-order valence-corrected chi connectivity index (χ2v) is 3.68. The quantitative estimate of drug-likeness (QED) is 0.694. The molecule has 88 valence electrons. The van der Waals surface area contributed by atoms with E-state index in [0.29, 0.717) is 5.56 Å². The third-order valence-corrected chi connectivity index (χ3v) is 2.49. The number of hydrogen-bond acceptors (Lipinski definition) is 3. The highest BCUT2D eigenvalue weighted by Crippen LogP contribution is 2.12. The van der Waals surface area contributed by atoms with Crippen LogP contribution in [0.1, 0.15) is 30.6 Å². The van der Waals surface area contributed by atoms with Crippen LogP contribution in [-0.4, -0.2) is 25.6 Å². The molecule has 0 aliphatic rings. The second-order valence-electron chi connectivity index (χ2n) is 3.68. The van der Waals surface area contributed by atoms with Crippen LogP contribution in [0.15, 0.2) is 24.3 Å². The van der Waals surface area contributed by atoms with Gasteiger partial charge in [-0.15, -0.1) is 0 Å². The molecular formula is C13H18O3. The maximum Gasteiger partial charge on any atom is 0.188 e. The molecule has 1 aromatic carbocycles. The summed E-state index contributed by atoms with van der Waals surface area (Å²) in [5, 5.41) is 0. The van der Waals surface area contributed by atoms with Gasteiger partial charge in [0, 0.05) is 5.56 Å². The lowest BCUT2D eigenvalue weighted by Gasteiger charge is -2.09. The standard InChI is InChI=1S/C13H18O3/c1-4-10(2)16-9-13(14)11-5-7-12(15-3)8-6-11/h5-8,10H,4,9H2,1-3H3. The van der Waals surface area contributed by atoms with Gasteiger partial charge in [0.25, 0.3) is 0 Å². The Morgan fingerprint density at radius 3 is 2.44 bits per heavy atom. The summed E-state index contributed by atoms with van der Waals surface area (Å²) >= 11 is 0. The van der Waals surface area contributed by atoms with Crippen LogP contribution in [0.4, 0.5) is 0 Å². The van der Waals surface area contributed by atoms with E-state index in [1.807, 2.05) is 13.8 Å². The van der Waals surface area contributed by atoms with Gasteiger partial charge in [-0.1, -0.05) is 6.92 Å². The smallest absolute Gasteiger partial charge is 0.188 e. The van der Waals surface area contributed by atoms with Crippen LogP contribution >= 0.6 is 0 Å². The summed E-state index contributed by atoms with van der Waals surface area (Å²) in [5.41, 5.74) is 0.657. The topological polar surface area (TPSA) is 35.5 Å². The molecule has 0 radical (unpaired) electrons. The van der Waals surface area contributed by atoms with Gasteiger partial charge in [-0.3, -0.25) is 4.79 Å². The number of benzene rings is 1. The summed E-state index contributed by atoms with van der Waals surface area (Å²) in [6.45, 7) is 4.13. The zero-order valence-corrected chi connectivity index (χ0v) is 10.0. The molecule has 3 nitrogen and oxygen atoms in total. The number of ether oxygens (including phenoxy) is 2. The first-order chi connectivity index (χ1) is 7.67. The van der Waals surface area contributed by atoms with E-state index in [0.717, 1.165) is 12.2 Å². The Hall–Kier alpha value is -1.35. The minimum Gasteiger partial charge on any atom is -0.497 e. The Bertz CT molecular complexity index is 330. The largest absolute Gasteiger partial charge is 0.497 e. The Morgan fingerprint density at radius 1 is 1.31 bits per heavy atom. The van der Waals surface area contributed by atoms with Gasteiger partial charge in [0.05, 0.1) is 13.2 Å². The summed E-state index contributed by atoms with van der Waals surface area (Å²) in [6.07, 6.45) is 1.04. The van der Waals surface area contributed by atoms with Gasteiger partial charge in [-0.2, -0.15) is 0 Å². The predicted octanol–water partition coefficient (Wildman–Crippen LogP) is 2.69. The van der Waals surface area contributed by atoms with Crippen molar-refractivity contribution in [1.82, 2.24) is 0 Å². The molecule has 0 spiro atoms. The SMILES string of the molecule is CCC(C)OCC(=O)c1ccc(OC)cc1. The average molecular weight is 222 g/mol. The molecule has 0 saturated carbocycles. The number of Topliss-reactive ketones (excluding diaryl/α,β-unsaturated/α-hetero) is 1. The van der Waals surface area contributed by atoms with Crippen molar-refractivity contribution >= 4 is 5.78 Å². The van der Waals surface area contributed by atoms with Crippen molar-refractivity contribution in [3.8, 4) is 5.75 Å². The first kappa shape index (κ1) is 12.7. The van der Waals surface area contributed by atoms with Crippen LogP contribution < -0.4 is 4.74 Å². The van der Waals surface area contributed by atoms with Crippen molar-refractivity contribution in [2.45, 2.75) is 26.4 Å². The highest BCUT2D eigenvalue weighted by molar-refractivity contribution is 5.97. The Labute approximate surface area is 96.4 Å². The Morgan fingerprint density at radius 2 is 1.94 bits per heavy atom. The number of carbonyl (C=O) groups is 1. The van der Waals surface area contributed by atoms with E-state index in [4.69, 9.17) is 9.47 Å². The molecule has 1 rings (SSSR count). The molecule has 3 heteroatoms. The van der Waals surface area contributed by atoms with Gasteiger partial charge in [-0.05, 0) is 37.6 Å². The zero-order valence-electron chi connectivity index (χ0n) is 10.0. The van der Waals surface area contributed by atoms with Gasteiger partial charge in [-0.25, -0.2) is 0 Å². The van der Waals surface area contributed by atoms with Gasteiger partial charge in [0.1, 0.15) is 12.4 Å². The van der Waals surface area contributed by atoms with Crippen LogP contribution in [0.25, 0.3) is 0 Å². The molecule has 0 aromatic heterocycles. The lowest BCUT2D eigenvalue weighted by Crippen LogP contribution is -2.15. The van der Waals surface area contributed by atoms with Gasteiger partial charge in [0.2, 0.25) is 0 Å².